The summed E-state index contributed by atoms with van der Waals surface area (Å²) in [4.78, 5) is 0. The highest BCUT2D eigenvalue weighted by atomic mass is 16.5. The molecule has 1 aliphatic rings. The van der Waals surface area contributed by atoms with Crippen molar-refractivity contribution in [1.82, 2.24) is 15.1 Å². The highest BCUT2D eigenvalue weighted by Gasteiger charge is 2.14. The van der Waals surface area contributed by atoms with Gasteiger partial charge in [0.05, 0.1) is 24.6 Å². The molecule has 15 heavy (non-hydrogen) atoms. The van der Waals surface area contributed by atoms with Crippen LogP contribution in [0, 0.1) is 12.8 Å². The molecular weight excluding hydrogens is 190 g/mol. The SMILES string of the molecule is Cc1cc(COCC2CCNC2)n(C)n1. The Kier molecular flexibility index (Phi) is 3.38. The molecule has 0 bridgehead atoms. The predicted octanol–water partition coefficient (Wildman–Crippen LogP) is 0.855. The van der Waals surface area contributed by atoms with Crippen LogP contribution in [0.25, 0.3) is 0 Å². The zero-order valence-electron chi connectivity index (χ0n) is 9.49. The molecule has 1 N–H and O–H groups in total. The molecule has 1 aromatic heterocycles. The van der Waals surface area contributed by atoms with Crippen LogP contribution >= 0.6 is 0 Å². The molecule has 0 radical (unpaired) electrons. The van der Waals surface area contributed by atoms with E-state index in [1.165, 1.54) is 6.42 Å². The molecule has 4 nitrogen and oxygen atoms in total. The average Bonchev–Trinajstić information content (AvgIpc) is 2.77. The van der Waals surface area contributed by atoms with E-state index in [0.717, 1.165) is 31.1 Å². The summed E-state index contributed by atoms with van der Waals surface area (Å²) in [6, 6.07) is 2.08. The maximum absolute atomic E-state index is 5.70. The molecule has 0 aromatic carbocycles. The molecule has 1 saturated heterocycles. The standard InChI is InChI=1S/C11H19N3O/c1-9-5-11(14(2)13-9)8-15-7-10-3-4-12-6-10/h5,10,12H,3-4,6-8H2,1-2H3. The summed E-state index contributed by atoms with van der Waals surface area (Å²) in [5.74, 6) is 0.694. The summed E-state index contributed by atoms with van der Waals surface area (Å²) < 4.78 is 7.59. The number of ether oxygens (including phenoxy) is 1. The maximum Gasteiger partial charge on any atom is 0.0884 e. The molecule has 2 heterocycles. The van der Waals surface area contributed by atoms with Crippen molar-refractivity contribution in [3.63, 3.8) is 0 Å². The van der Waals surface area contributed by atoms with Gasteiger partial charge in [-0.25, -0.2) is 0 Å². The summed E-state index contributed by atoms with van der Waals surface area (Å²) in [5.41, 5.74) is 2.21. The first-order valence-electron chi connectivity index (χ1n) is 5.53. The third-order valence-electron chi connectivity index (χ3n) is 2.86. The van der Waals surface area contributed by atoms with Crippen LogP contribution in [0.3, 0.4) is 0 Å². The Balaban J connectivity index is 1.75. The fourth-order valence-electron chi connectivity index (χ4n) is 1.99. The van der Waals surface area contributed by atoms with Crippen molar-refractivity contribution in [2.45, 2.75) is 20.0 Å². The van der Waals surface area contributed by atoms with E-state index in [0.29, 0.717) is 12.5 Å². The molecule has 1 atom stereocenters. The molecular formula is C11H19N3O. The lowest BCUT2D eigenvalue weighted by Gasteiger charge is -2.09. The number of hydrogen-bond donors (Lipinski definition) is 1. The van der Waals surface area contributed by atoms with Crippen LogP contribution in [-0.4, -0.2) is 29.5 Å². The smallest absolute Gasteiger partial charge is 0.0884 e. The van der Waals surface area contributed by atoms with Crippen LogP contribution < -0.4 is 5.32 Å². The third kappa shape index (κ3) is 2.79. The van der Waals surface area contributed by atoms with Gasteiger partial charge in [-0.1, -0.05) is 0 Å². The number of nitrogens with one attached hydrogen (secondary N) is 1. The van der Waals surface area contributed by atoms with Gasteiger partial charge in [-0.2, -0.15) is 5.10 Å². The number of rotatable bonds is 4. The van der Waals surface area contributed by atoms with E-state index in [1.54, 1.807) is 0 Å². The number of hydrogen-bond acceptors (Lipinski definition) is 3. The lowest BCUT2D eigenvalue weighted by Crippen LogP contribution is -2.14. The zero-order valence-corrected chi connectivity index (χ0v) is 9.49. The monoisotopic (exact) mass is 209 g/mol. The molecule has 1 aliphatic heterocycles. The highest BCUT2D eigenvalue weighted by molar-refractivity contribution is 5.07. The Morgan fingerprint density at radius 1 is 1.67 bits per heavy atom. The van der Waals surface area contributed by atoms with Gasteiger partial charge in [0.15, 0.2) is 0 Å². The molecule has 4 heteroatoms. The van der Waals surface area contributed by atoms with E-state index in [2.05, 4.69) is 16.5 Å². The summed E-state index contributed by atoms with van der Waals surface area (Å²) in [6.07, 6.45) is 1.24. The fraction of sp³-hybridized carbons (Fsp3) is 0.727. The van der Waals surface area contributed by atoms with Crippen molar-refractivity contribution in [2.75, 3.05) is 19.7 Å². The van der Waals surface area contributed by atoms with Gasteiger partial charge in [0.25, 0.3) is 0 Å². The third-order valence-corrected chi connectivity index (χ3v) is 2.86. The van der Waals surface area contributed by atoms with Crippen LogP contribution in [0.2, 0.25) is 0 Å². The van der Waals surface area contributed by atoms with Crippen LogP contribution in [0.5, 0.6) is 0 Å². The van der Waals surface area contributed by atoms with Gasteiger partial charge in [0, 0.05) is 13.6 Å². The van der Waals surface area contributed by atoms with Crippen molar-refractivity contribution in [2.24, 2.45) is 13.0 Å². The Morgan fingerprint density at radius 3 is 3.13 bits per heavy atom. The summed E-state index contributed by atoms with van der Waals surface area (Å²) >= 11 is 0. The van der Waals surface area contributed by atoms with Crippen molar-refractivity contribution >= 4 is 0 Å². The number of nitrogens with zero attached hydrogens (tertiary/aromatic N) is 2. The number of aromatic nitrogens is 2. The Bertz CT molecular complexity index is 316. The van der Waals surface area contributed by atoms with Crippen molar-refractivity contribution in [3.8, 4) is 0 Å². The molecule has 2 rings (SSSR count). The summed E-state index contributed by atoms with van der Waals surface area (Å²) in [6.45, 7) is 5.78. The molecule has 1 aromatic rings. The predicted molar refractivity (Wildman–Crippen MR) is 58.6 cm³/mol. The minimum absolute atomic E-state index is 0.674. The van der Waals surface area contributed by atoms with E-state index in [1.807, 2.05) is 18.7 Å². The average molecular weight is 209 g/mol. The molecule has 1 unspecified atom stereocenters. The van der Waals surface area contributed by atoms with Gasteiger partial charge in [0.2, 0.25) is 0 Å². The molecule has 0 spiro atoms. The maximum atomic E-state index is 5.70. The first-order chi connectivity index (χ1) is 7.25. The highest BCUT2D eigenvalue weighted by Crippen LogP contribution is 2.09. The lowest BCUT2D eigenvalue weighted by molar-refractivity contribution is 0.0882. The zero-order chi connectivity index (χ0) is 10.7. The summed E-state index contributed by atoms with van der Waals surface area (Å²) in [5, 5.41) is 7.62. The van der Waals surface area contributed by atoms with Crippen molar-refractivity contribution in [3.05, 3.63) is 17.5 Å². The normalized spacial score (nSPS) is 21.1. The Morgan fingerprint density at radius 2 is 2.53 bits per heavy atom. The fourth-order valence-corrected chi connectivity index (χ4v) is 1.99. The van der Waals surface area contributed by atoms with E-state index >= 15 is 0 Å². The molecule has 1 fully saturated rings. The van der Waals surface area contributed by atoms with Gasteiger partial charge >= 0.3 is 0 Å². The van der Waals surface area contributed by atoms with Crippen LogP contribution in [0.4, 0.5) is 0 Å². The van der Waals surface area contributed by atoms with E-state index < -0.39 is 0 Å². The van der Waals surface area contributed by atoms with E-state index in [-0.39, 0.29) is 0 Å². The number of aryl methyl sites for hydroxylation is 2. The first-order valence-corrected chi connectivity index (χ1v) is 5.53. The second kappa shape index (κ2) is 4.77. The largest absolute Gasteiger partial charge is 0.375 e. The van der Waals surface area contributed by atoms with Gasteiger partial charge in [-0.15, -0.1) is 0 Å². The Hall–Kier alpha value is -0.870. The topological polar surface area (TPSA) is 39.1 Å². The van der Waals surface area contributed by atoms with Crippen LogP contribution in [0.1, 0.15) is 17.8 Å². The van der Waals surface area contributed by atoms with Crippen molar-refractivity contribution < 1.29 is 4.74 Å². The van der Waals surface area contributed by atoms with E-state index in [9.17, 15) is 0 Å². The van der Waals surface area contributed by atoms with Crippen molar-refractivity contribution in [1.29, 1.82) is 0 Å². The molecule has 0 saturated carbocycles. The van der Waals surface area contributed by atoms with E-state index in [4.69, 9.17) is 4.74 Å². The minimum atomic E-state index is 0.674. The molecule has 0 aliphatic carbocycles. The molecule has 84 valence electrons. The molecule has 0 amide bonds. The second-order valence-corrected chi connectivity index (χ2v) is 4.27. The van der Waals surface area contributed by atoms with Crippen LogP contribution in [0.15, 0.2) is 6.07 Å². The van der Waals surface area contributed by atoms with Gasteiger partial charge < -0.3 is 10.1 Å². The summed E-state index contributed by atoms with van der Waals surface area (Å²) in [7, 11) is 1.96. The second-order valence-electron chi connectivity index (χ2n) is 4.27. The lowest BCUT2D eigenvalue weighted by atomic mass is 10.1. The minimum Gasteiger partial charge on any atom is -0.375 e. The van der Waals surface area contributed by atoms with Gasteiger partial charge in [0.1, 0.15) is 0 Å². The van der Waals surface area contributed by atoms with Gasteiger partial charge in [-0.05, 0) is 31.9 Å². The van der Waals surface area contributed by atoms with Crippen LogP contribution in [-0.2, 0) is 18.4 Å². The quantitative estimate of drug-likeness (QED) is 0.799. The Labute approximate surface area is 90.6 Å². The van der Waals surface area contributed by atoms with Gasteiger partial charge in [-0.3, -0.25) is 4.68 Å². The first kappa shape index (κ1) is 10.6.